The lowest BCUT2D eigenvalue weighted by Crippen LogP contribution is -2.33. The molecule has 0 aromatic rings. The second-order valence-electron chi connectivity index (χ2n) is 12.7. The standard InChI is InChI=1S/C40H69NO4/c1-3-5-7-9-11-13-15-17-19-21-23-25-27-29-31-33-39(42)44-37-35-41-36-38(37)45-40(43)34-32-30-28-26-24-22-20-18-16-14-12-10-8-6-4-2/h11-14,17-20,37-38,41H,3-10,15-16,21-36H2,1-2H3/t37-,38-/m1/s1. The van der Waals surface area contributed by atoms with E-state index in [1.54, 1.807) is 0 Å². The first kappa shape index (κ1) is 40.9. The summed E-state index contributed by atoms with van der Waals surface area (Å²) in [5.74, 6) is -0.353. The zero-order valence-corrected chi connectivity index (χ0v) is 29.3. The van der Waals surface area contributed by atoms with Gasteiger partial charge in [-0.3, -0.25) is 9.59 Å². The van der Waals surface area contributed by atoms with Crippen LogP contribution in [-0.4, -0.2) is 37.2 Å². The van der Waals surface area contributed by atoms with Crippen molar-refractivity contribution in [1.29, 1.82) is 0 Å². The molecule has 1 N–H and O–H groups in total. The Balaban J connectivity index is 1.98. The largest absolute Gasteiger partial charge is 0.457 e. The molecule has 2 atom stereocenters. The Bertz CT molecular complexity index is 749. The van der Waals surface area contributed by atoms with Crippen LogP contribution in [0, 0.1) is 0 Å². The summed E-state index contributed by atoms with van der Waals surface area (Å²) in [5, 5.41) is 3.20. The molecule has 1 heterocycles. The average molecular weight is 628 g/mol. The normalized spacial score (nSPS) is 17.0. The van der Waals surface area contributed by atoms with Crippen LogP contribution >= 0.6 is 0 Å². The number of carbonyl (C=O) groups is 2. The number of hydrogen-bond donors (Lipinski definition) is 1. The van der Waals surface area contributed by atoms with Crippen molar-refractivity contribution >= 4 is 11.9 Å². The highest BCUT2D eigenvalue weighted by Gasteiger charge is 2.33. The van der Waals surface area contributed by atoms with Gasteiger partial charge in [0.15, 0.2) is 12.2 Å². The lowest BCUT2D eigenvalue weighted by molar-refractivity contribution is -0.164. The molecule has 1 aliphatic heterocycles. The first-order chi connectivity index (χ1) is 22.2. The van der Waals surface area contributed by atoms with Crippen LogP contribution in [0.2, 0.25) is 0 Å². The third kappa shape index (κ3) is 26.8. The molecule has 0 unspecified atom stereocenters. The average Bonchev–Trinajstić information content (AvgIpc) is 3.46. The van der Waals surface area contributed by atoms with E-state index in [4.69, 9.17) is 9.47 Å². The lowest BCUT2D eigenvalue weighted by Gasteiger charge is -2.19. The van der Waals surface area contributed by atoms with Gasteiger partial charge in [0.1, 0.15) is 0 Å². The minimum absolute atomic E-state index is 0.177. The minimum Gasteiger partial charge on any atom is -0.457 e. The predicted octanol–water partition coefficient (Wildman–Crippen LogP) is 11.0. The number of esters is 2. The van der Waals surface area contributed by atoms with Gasteiger partial charge in [-0.1, -0.05) is 127 Å². The van der Waals surface area contributed by atoms with Crippen molar-refractivity contribution in [2.45, 2.75) is 180 Å². The van der Waals surface area contributed by atoms with Crippen molar-refractivity contribution in [3.8, 4) is 0 Å². The molecule has 0 aliphatic carbocycles. The Labute approximate surface area is 277 Å². The number of nitrogens with one attached hydrogen (secondary N) is 1. The number of hydrogen-bond acceptors (Lipinski definition) is 5. The van der Waals surface area contributed by atoms with E-state index in [9.17, 15) is 9.59 Å². The Morgan fingerprint density at radius 2 is 0.822 bits per heavy atom. The molecule has 0 amide bonds. The second-order valence-corrected chi connectivity index (χ2v) is 12.7. The molecular weight excluding hydrogens is 558 g/mol. The quantitative estimate of drug-likeness (QED) is 0.0487. The van der Waals surface area contributed by atoms with Crippen molar-refractivity contribution in [2.24, 2.45) is 0 Å². The maximum Gasteiger partial charge on any atom is 0.306 e. The lowest BCUT2D eigenvalue weighted by atomic mass is 10.1. The van der Waals surface area contributed by atoms with Gasteiger partial charge >= 0.3 is 11.9 Å². The van der Waals surface area contributed by atoms with Crippen LogP contribution in [0.15, 0.2) is 48.6 Å². The number of carbonyl (C=O) groups excluding carboxylic acids is 2. The highest BCUT2D eigenvalue weighted by molar-refractivity contribution is 5.70. The molecule has 0 spiro atoms. The van der Waals surface area contributed by atoms with Crippen LogP contribution in [0.5, 0.6) is 0 Å². The van der Waals surface area contributed by atoms with Crippen LogP contribution < -0.4 is 5.32 Å². The molecule has 0 radical (unpaired) electrons. The summed E-state index contributed by atoms with van der Waals surface area (Å²) in [7, 11) is 0. The number of allylic oxidation sites excluding steroid dienone is 8. The summed E-state index contributed by atoms with van der Waals surface area (Å²) in [5.41, 5.74) is 0. The summed E-state index contributed by atoms with van der Waals surface area (Å²) >= 11 is 0. The first-order valence-electron chi connectivity index (χ1n) is 18.9. The number of unbranched alkanes of at least 4 members (excludes halogenated alkanes) is 16. The van der Waals surface area contributed by atoms with E-state index in [1.165, 1.54) is 77.0 Å². The van der Waals surface area contributed by atoms with Gasteiger partial charge in [-0.2, -0.15) is 0 Å². The highest BCUT2D eigenvalue weighted by Crippen LogP contribution is 2.15. The molecule has 1 rings (SSSR count). The van der Waals surface area contributed by atoms with Crippen molar-refractivity contribution < 1.29 is 19.1 Å². The first-order valence-corrected chi connectivity index (χ1v) is 18.9. The zero-order chi connectivity index (χ0) is 32.5. The Kier molecular flexibility index (Phi) is 28.9. The maximum atomic E-state index is 12.4. The molecule has 1 fully saturated rings. The molecule has 0 bridgehead atoms. The third-order valence-corrected chi connectivity index (χ3v) is 8.33. The fourth-order valence-electron chi connectivity index (χ4n) is 5.48. The smallest absolute Gasteiger partial charge is 0.306 e. The van der Waals surface area contributed by atoms with Gasteiger partial charge in [0, 0.05) is 25.9 Å². The summed E-state index contributed by atoms with van der Waals surface area (Å²) in [4.78, 5) is 24.8. The highest BCUT2D eigenvalue weighted by atomic mass is 16.6. The molecule has 1 aliphatic rings. The number of rotatable bonds is 30. The van der Waals surface area contributed by atoms with Gasteiger partial charge < -0.3 is 14.8 Å². The number of ether oxygens (including phenoxy) is 2. The summed E-state index contributed by atoms with van der Waals surface area (Å²) in [6.07, 6.45) is 44.0. The van der Waals surface area contributed by atoms with Crippen molar-refractivity contribution in [2.75, 3.05) is 13.1 Å². The van der Waals surface area contributed by atoms with Crippen molar-refractivity contribution in [1.82, 2.24) is 5.32 Å². The van der Waals surface area contributed by atoms with Crippen molar-refractivity contribution in [3.05, 3.63) is 48.6 Å². The fraction of sp³-hybridized carbons (Fsp3) is 0.750. The van der Waals surface area contributed by atoms with E-state index in [2.05, 4.69) is 67.8 Å². The Morgan fingerprint density at radius 3 is 1.20 bits per heavy atom. The van der Waals surface area contributed by atoms with Crippen molar-refractivity contribution in [3.63, 3.8) is 0 Å². The molecule has 0 saturated carbocycles. The third-order valence-electron chi connectivity index (χ3n) is 8.33. The van der Waals surface area contributed by atoms with Crippen LogP contribution in [0.3, 0.4) is 0 Å². The predicted molar refractivity (Wildman–Crippen MR) is 191 cm³/mol. The summed E-state index contributed by atoms with van der Waals surface area (Å²) in [6.45, 7) is 5.59. The van der Waals surface area contributed by atoms with E-state index >= 15 is 0 Å². The SMILES string of the molecule is CCCCCC=CCC=CCCCCCCCC(=O)O[C@@H]1CNC[C@H]1OC(=O)CCCCCCCC=CCC=CCCCCC. The molecular formula is C40H69NO4. The van der Waals surface area contributed by atoms with Gasteiger partial charge in [0.2, 0.25) is 0 Å². The molecule has 0 aromatic carbocycles. The van der Waals surface area contributed by atoms with E-state index in [1.807, 2.05) is 0 Å². The van der Waals surface area contributed by atoms with E-state index in [0.29, 0.717) is 25.9 Å². The topological polar surface area (TPSA) is 64.6 Å². The monoisotopic (exact) mass is 628 g/mol. The fourth-order valence-corrected chi connectivity index (χ4v) is 5.48. The van der Waals surface area contributed by atoms with Gasteiger partial charge in [0.25, 0.3) is 0 Å². The van der Waals surface area contributed by atoms with Crippen LogP contribution in [0.1, 0.15) is 168 Å². The molecule has 45 heavy (non-hydrogen) atoms. The molecule has 0 aromatic heterocycles. The van der Waals surface area contributed by atoms with Gasteiger partial charge in [-0.05, 0) is 77.0 Å². The molecule has 5 nitrogen and oxygen atoms in total. The zero-order valence-electron chi connectivity index (χ0n) is 29.3. The van der Waals surface area contributed by atoms with Gasteiger partial charge in [-0.15, -0.1) is 0 Å². The minimum atomic E-state index is -0.371. The molecule has 258 valence electrons. The van der Waals surface area contributed by atoms with E-state index < -0.39 is 0 Å². The van der Waals surface area contributed by atoms with Gasteiger partial charge in [-0.25, -0.2) is 0 Å². The maximum absolute atomic E-state index is 12.4. The van der Waals surface area contributed by atoms with E-state index in [-0.39, 0.29) is 24.1 Å². The summed E-state index contributed by atoms with van der Waals surface area (Å²) in [6, 6.07) is 0. The van der Waals surface area contributed by atoms with Crippen LogP contribution in [0.25, 0.3) is 0 Å². The molecule has 5 heteroatoms. The Hall–Kier alpha value is -2.14. The second kappa shape index (κ2) is 31.8. The van der Waals surface area contributed by atoms with E-state index in [0.717, 1.165) is 64.2 Å². The Morgan fingerprint density at radius 1 is 0.489 bits per heavy atom. The van der Waals surface area contributed by atoms with Gasteiger partial charge in [0.05, 0.1) is 0 Å². The molecule has 1 saturated heterocycles. The van der Waals surface area contributed by atoms with Crippen LogP contribution in [0.4, 0.5) is 0 Å². The van der Waals surface area contributed by atoms with Crippen LogP contribution in [-0.2, 0) is 19.1 Å². The summed E-state index contributed by atoms with van der Waals surface area (Å²) < 4.78 is 11.3.